The molecule has 0 aliphatic rings. The summed E-state index contributed by atoms with van der Waals surface area (Å²) in [5.74, 6) is -2.22. The standard InChI is InChI=1S/C13H21NO7/c1-4-14(5-2)11(16)8-19-12(17)6-7-13(18)21-9-20-10(3)15/h4-9H2,1-3H3. The van der Waals surface area contributed by atoms with Crippen molar-refractivity contribution in [1.82, 2.24) is 4.90 Å². The Hall–Kier alpha value is -2.12. The Morgan fingerprint density at radius 2 is 1.38 bits per heavy atom. The lowest BCUT2D eigenvalue weighted by atomic mass is 10.3. The molecule has 0 aromatic rings. The van der Waals surface area contributed by atoms with Crippen LogP contribution < -0.4 is 0 Å². The van der Waals surface area contributed by atoms with Gasteiger partial charge in [0, 0.05) is 20.0 Å². The van der Waals surface area contributed by atoms with Crippen LogP contribution in [0.2, 0.25) is 0 Å². The van der Waals surface area contributed by atoms with E-state index in [0.29, 0.717) is 13.1 Å². The zero-order chi connectivity index (χ0) is 16.3. The van der Waals surface area contributed by atoms with Crippen molar-refractivity contribution in [2.24, 2.45) is 0 Å². The van der Waals surface area contributed by atoms with Crippen LogP contribution in [0.1, 0.15) is 33.6 Å². The van der Waals surface area contributed by atoms with Crippen LogP contribution in [0.3, 0.4) is 0 Å². The summed E-state index contributed by atoms with van der Waals surface area (Å²) in [4.78, 5) is 46.0. The molecule has 0 atom stereocenters. The highest BCUT2D eigenvalue weighted by Crippen LogP contribution is 1.98. The molecule has 0 bridgehead atoms. The van der Waals surface area contributed by atoms with Crippen molar-refractivity contribution in [2.45, 2.75) is 33.6 Å². The minimum absolute atomic E-state index is 0.204. The maximum atomic E-state index is 11.6. The van der Waals surface area contributed by atoms with Crippen LogP contribution in [0, 0.1) is 0 Å². The summed E-state index contributed by atoms with van der Waals surface area (Å²) in [6.07, 6.45) is -0.413. The van der Waals surface area contributed by atoms with E-state index >= 15 is 0 Å². The molecule has 8 heteroatoms. The van der Waals surface area contributed by atoms with Gasteiger partial charge >= 0.3 is 17.9 Å². The van der Waals surface area contributed by atoms with Crippen molar-refractivity contribution in [3.63, 3.8) is 0 Å². The van der Waals surface area contributed by atoms with E-state index in [2.05, 4.69) is 9.47 Å². The largest absolute Gasteiger partial charge is 0.456 e. The summed E-state index contributed by atoms with van der Waals surface area (Å²) >= 11 is 0. The highest BCUT2D eigenvalue weighted by atomic mass is 16.7. The van der Waals surface area contributed by atoms with Gasteiger partial charge in [-0.1, -0.05) is 0 Å². The second kappa shape index (κ2) is 10.6. The lowest BCUT2D eigenvalue weighted by molar-refractivity contribution is -0.167. The minimum atomic E-state index is -0.691. The van der Waals surface area contributed by atoms with Gasteiger partial charge in [0.1, 0.15) is 0 Å². The number of rotatable bonds is 9. The Labute approximate surface area is 123 Å². The van der Waals surface area contributed by atoms with Crippen LogP contribution in [-0.2, 0) is 33.4 Å². The van der Waals surface area contributed by atoms with Gasteiger partial charge in [-0.2, -0.15) is 0 Å². The number of carbonyl (C=O) groups is 4. The monoisotopic (exact) mass is 303 g/mol. The number of ether oxygens (including phenoxy) is 3. The lowest BCUT2D eigenvalue weighted by Crippen LogP contribution is -2.34. The van der Waals surface area contributed by atoms with E-state index in [9.17, 15) is 19.2 Å². The number of carbonyl (C=O) groups excluding carboxylic acids is 4. The first-order valence-corrected chi connectivity index (χ1v) is 6.63. The van der Waals surface area contributed by atoms with Crippen LogP contribution in [0.25, 0.3) is 0 Å². The maximum Gasteiger partial charge on any atom is 0.309 e. The molecule has 0 unspecified atom stereocenters. The normalized spacial score (nSPS) is 9.67. The predicted molar refractivity (Wildman–Crippen MR) is 70.8 cm³/mol. The molecule has 1 amide bonds. The molecule has 0 spiro atoms. The molecule has 0 rings (SSSR count). The Balaban J connectivity index is 3.82. The topological polar surface area (TPSA) is 99.2 Å². The molecule has 120 valence electrons. The summed E-state index contributed by atoms with van der Waals surface area (Å²) in [6, 6.07) is 0. The summed E-state index contributed by atoms with van der Waals surface area (Å²) in [7, 11) is 0. The SMILES string of the molecule is CCN(CC)C(=O)COC(=O)CCC(=O)OCOC(C)=O. The zero-order valence-corrected chi connectivity index (χ0v) is 12.5. The Kier molecular flexibility index (Phi) is 9.57. The van der Waals surface area contributed by atoms with Crippen molar-refractivity contribution in [2.75, 3.05) is 26.5 Å². The Morgan fingerprint density at radius 3 is 1.86 bits per heavy atom. The van der Waals surface area contributed by atoms with E-state index in [0.717, 1.165) is 0 Å². The van der Waals surface area contributed by atoms with Gasteiger partial charge < -0.3 is 19.1 Å². The first kappa shape index (κ1) is 18.9. The molecular formula is C13H21NO7. The summed E-state index contributed by atoms with van der Waals surface area (Å²) in [5, 5.41) is 0. The van der Waals surface area contributed by atoms with E-state index in [1.807, 2.05) is 13.8 Å². The van der Waals surface area contributed by atoms with Crippen molar-refractivity contribution in [3.05, 3.63) is 0 Å². The minimum Gasteiger partial charge on any atom is -0.456 e. The summed E-state index contributed by atoms with van der Waals surface area (Å²) in [6.45, 7) is 5.07. The van der Waals surface area contributed by atoms with Gasteiger partial charge in [0.2, 0.25) is 6.79 Å². The molecule has 0 fully saturated rings. The van der Waals surface area contributed by atoms with Gasteiger partial charge in [0.25, 0.3) is 5.91 Å². The average molecular weight is 303 g/mol. The third-order valence-electron chi connectivity index (χ3n) is 2.49. The molecule has 0 N–H and O–H groups in total. The number of likely N-dealkylation sites (N-methyl/N-ethyl adjacent to an activating group) is 1. The van der Waals surface area contributed by atoms with Gasteiger partial charge in [0.15, 0.2) is 6.61 Å². The fourth-order valence-electron chi connectivity index (χ4n) is 1.34. The first-order chi connectivity index (χ1) is 9.90. The van der Waals surface area contributed by atoms with E-state index in [1.165, 1.54) is 11.8 Å². The van der Waals surface area contributed by atoms with Crippen molar-refractivity contribution < 1.29 is 33.4 Å². The molecule has 0 aromatic heterocycles. The Bertz CT molecular complexity index is 377. The van der Waals surface area contributed by atoms with E-state index in [1.54, 1.807) is 0 Å². The van der Waals surface area contributed by atoms with Crippen LogP contribution in [0.4, 0.5) is 0 Å². The van der Waals surface area contributed by atoms with Crippen LogP contribution in [0.15, 0.2) is 0 Å². The lowest BCUT2D eigenvalue weighted by Gasteiger charge is -2.18. The number of esters is 3. The zero-order valence-electron chi connectivity index (χ0n) is 12.5. The number of hydrogen-bond donors (Lipinski definition) is 0. The number of amides is 1. The number of hydrogen-bond acceptors (Lipinski definition) is 7. The third kappa shape index (κ3) is 9.42. The van der Waals surface area contributed by atoms with Crippen molar-refractivity contribution in [1.29, 1.82) is 0 Å². The van der Waals surface area contributed by atoms with Gasteiger partial charge in [-0.3, -0.25) is 19.2 Å². The highest BCUT2D eigenvalue weighted by Gasteiger charge is 2.14. The fourth-order valence-corrected chi connectivity index (χ4v) is 1.34. The second-order valence-electron chi connectivity index (χ2n) is 4.00. The summed E-state index contributed by atoms with van der Waals surface area (Å²) < 4.78 is 13.7. The first-order valence-electron chi connectivity index (χ1n) is 6.63. The Morgan fingerprint density at radius 1 is 0.857 bits per heavy atom. The predicted octanol–water partition coefficient (Wildman–Crippen LogP) is 0.242. The smallest absolute Gasteiger partial charge is 0.309 e. The molecule has 0 aliphatic carbocycles. The van der Waals surface area contributed by atoms with Crippen molar-refractivity contribution in [3.8, 4) is 0 Å². The average Bonchev–Trinajstić information content (AvgIpc) is 2.43. The molecule has 0 saturated heterocycles. The van der Waals surface area contributed by atoms with Gasteiger partial charge in [-0.15, -0.1) is 0 Å². The maximum absolute atomic E-state index is 11.6. The van der Waals surface area contributed by atoms with Crippen LogP contribution in [0.5, 0.6) is 0 Å². The van der Waals surface area contributed by atoms with Gasteiger partial charge in [0.05, 0.1) is 12.8 Å². The second-order valence-corrected chi connectivity index (χ2v) is 4.00. The van der Waals surface area contributed by atoms with Crippen LogP contribution >= 0.6 is 0 Å². The molecule has 0 saturated carbocycles. The third-order valence-corrected chi connectivity index (χ3v) is 2.49. The van der Waals surface area contributed by atoms with E-state index in [4.69, 9.17) is 4.74 Å². The highest BCUT2D eigenvalue weighted by molar-refractivity contribution is 5.82. The van der Waals surface area contributed by atoms with Gasteiger partial charge in [-0.05, 0) is 13.8 Å². The fraction of sp³-hybridized carbons (Fsp3) is 0.692. The quantitative estimate of drug-likeness (QED) is 0.444. The van der Waals surface area contributed by atoms with Crippen LogP contribution in [-0.4, -0.2) is 55.2 Å². The molecule has 0 aliphatic heterocycles. The van der Waals surface area contributed by atoms with E-state index < -0.39 is 24.7 Å². The molecule has 0 heterocycles. The molecule has 21 heavy (non-hydrogen) atoms. The van der Waals surface area contributed by atoms with Gasteiger partial charge in [-0.25, -0.2) is 0 Å². The van der Waals surface area contributed by atoms with Crippen molar-refractivity contribution >= 4 is 23.8 Å². The molecule has 0 aromatic carbocycles. The van der Waals surface area contributed by atoms with E-state index in [-0.39, 0.29) is 25.4 Å². The number of nitrogens with zero attached hydrogens (tertiary/aromatic N) is 1. The molecular weight excluding hydrogens is 282 g/mol. The summed E-state index contributed by atoms with van der Waals surface area (Å²) in [5.41, 5.74) is 0. The molecule has 8 nitrogen and oxygen atoms in total. The molecule has 0 radical (unpaired) electrons.